The van der Waals surface area contributed by atoms with Crippen LogP contribution in [-0.4, -0.2) is 44.5 Å². The lowest BCUT2D eigenvalue weighted by atomic mass is 10.0. The van der Waals surface area contributed by atoms with Crippen molar-refractivity contribution >= 4 is 16.9 Å². The summed E-state index contributed by atoms with van der Waals surface area (Å²) in [5, 5.41) is 11.1. The first-order valence-electron chi connectivity index (χ1n) is 10.4. The Bertz CT molecular complexity index is 1080. The second kappa shape index (κ2) is 8.71. The Morgan fingerprint density at radius 3 is 2.93 bits per heavy atom. The van der Waals surface area contributed by atoms with Crippen LogP contribution in [0.2, 0.25) is 0 Å². The minimum atomic E-state index is 0.193. The number of nitrogen functional groups attached to an aromatic ring is 1. The average Bonchev–Trinajstić information content (AvgIpc) is 3.34. The number of nitrogens with two attached hydrogens (primary N) is 1. The summed E-state index contributed by atoms with van der Waals surface area (Å²) in [5.74, 6) is 8.46. The fourth-order valence-electron chi connectivity index (χ4n) is 3.64. The standard InChI is InChI=1S/C21H27N7O2/c1-4-28-19-16(29-12-14-6-5-9-23-10-14)11-24-15(8-7-13(2)3)17(19)25-21(28)18-20(22)27-30-26-18/h11,13-14,23H,4-6,9-10,12H2,1-3H3,(H2,22,27)/t14-/m0/s1. The maximum absolute atomic E-state index is 6.24. The van der Waals surface area contributed by atoms with Crippen LogP contribution < -0.4 is 15.8 Å². The molecule has 0 unspecified atom stereocenters. The molecule has 1 aliphatic rings. The van der Waals surface area contributed by atoms with Gasteiger partial charge in [-0.1, -0.05) is 19.8 Å². The highest BCUT2D eigenvalue weighted by molar-refractivity contribution is 5.89. The number of anilines is 1. The predicted molar refractivity (Wildman–Crippen MR) is 114 cm³/mol. The van der Waals surface area contributed by atoms with E-state index in [4.69, 9.17) is 20.1 Å². The summed E-state index contributed by atoms with van der Waals surface area (Å²) in [5.41, 5.74) is 8.46. The van der Waals surface area contributed by atoms with E-state index in [2.05, 4.69) is 32.5 Å². The van der Waals surface area contributed by atoms with Gasteiger partial charge in [-0.3, -0.25) is 0 Å². The van der Waals surface area contributed by atoms with Crippen LogP contribution in [0.5, 0.6) is 5.75 Å². The van der Waals surface area contributed by atoms with Crippen molar-refractivity contribution in [2.75, 3.05) is 25.4 Å². The molecule has 0 saturated carbocycles. The van der Waals surface area contributed by atoms with Crippen LogP contribution in [-0.2, 0) is 6.54 Å². The summed E-state index contributed by atoms with van der Waals surface area (Å²) in [6.45, 7) is 9.41. The summed E-state index contributed by atoms with van der Waals surface area (Å²) in [4.78, 5) is 9.34. The Balaban J connectivity index is 1.81. The number of nitrogens with zero attached hydrogens (tertiary/aromatic N) is 5. The average molecular weight is 409 g/mol. The molecule has 4 rings (SSSR count). The molecule has 3 N–H and O–H groups in total. The fraction of sp³-hybridized carbons (Fsp3) is 0.524. The molecule has 3 aromatic heterocycles. The van der Waals surface area contributed by atoms with E-state index in [-0.39, 0.29) is 11.7 Å². The first-order valence-corrected chi connectivity index (χ1v) is 10.4. The van der Waals surface area contributed by atoms with Crippen LogP contribution in [0, 0.1) is 23.7 Å². The van der Waals surface area contributed by atoms with E-state index < -0.39 is 0 Å². The van der Waals surface area contributed by atoms with Gasteiger partial charge in [0, 0.05) is 24.9 Å². The Kier molecular flexibility index (Phi) is 5.86. The van der Waals surface area contributed by atoms with Gasteiger partial charge in [0.25, 0.3) is 0 Å². The van der Waals surface area contributed by atoms with Gasteiger partial charge in [-0.05, 0) is 42.5 Å². The van der Waals surface area contributed by atoms with Crippen LogP contribution in [0.3, 0.4) is 0 Å². The molecule has 1 atom stereocenters. The smallest absolute Gasteiger partial charge is 0.199 e. The number of rotatable bonds is 5. The molecular formula is C21H27N7O2. The van der Waals surface area contributed by atoms with Crippen LogP contribution in [0.1, 0.15) is 39.3 Å². The summed E-state index contributed by atoms with van der Waals surface area (Å²) in [7, 11) is 0. The van der Waals surface area contributed by atoms with Gasteiger partial charge in [0.2, 0.25) is 0 Å². The van der Waals surface area contributed by atoms with Gasteiger partial charge in [-0.15, -0.1) is 0 Å². The zero-order valence-electron chi connectivity index (χ0n) is 17.6. The van der Waals surface area contributed by atoms with E-state index >= 15 is 0 Å². The summed E-state index contributed by atoms with van der Waals surface area (Å²) >= 11 is 0. The second-order valence-electron chi connectivity index (χ2n) is 7.79. The lowest BCUT2D eigenvalue weighted by Crippen LogP contribution is -2.33. The molecule has 4 heterocycles. The lowest BCUT2D eigenvalue weighted by Gasteiger charge is -2.23. The van der Waals surface area contributed by atoms with Gasteiger partial charge < -0.3 is 20.4 Å². The number of hydrogen-bond donors (Lipinski definition) is 2. The molecule has 0 aliphatic carbocycles. The number of aromatic nitrogens is 5. The van der Waals surface area contributed by atoms with Crippen molar-refractivity contribution in [2.45, 2.75) is 40.2 Å². The van der Waals surface area contributed by atoms with Crippen LogP contribution in [0.4, 0.5) is 5.82 Å². The number of nitrogens with one attached hydrogen (secondary N) is 1. The van der Waals surface area contributed by atoms with E-state index in [1.807, 2.05) is 25.3 Å². The summed E-state index contributed by atoms with van der Waals surface area (Å²) in [6, 6.07) is 0. The number of fused-ring (bicyclic) bond motifs is 1. The third kappa shape index (κ3) is 3.96. The van der Waals surface area contributed by atoms with Crippen molar-refractivity contribution in [2.24, 2.45) is 11.8 Å². The molecular weight excluding hydrogens is 382 g/mol. The fourth-order valence-corrected chi connectivity index (χ4v) is 3.64. The van der Waals surface area contributed by atoms with Crippen molar-refractivity contribution in [3.8, 4) is 29.1 Å². The molecule has 1 fully saturated rings. The summed E-state index contributed by atoms with van der Waals surface area (Å²) < 4.78 is 13.0. The molecule has 1 aliphatic heterocycles. The minimum Gasteiger partial charge on any atom is -0.489 e. The molecule has 9 nitrogen and oxygen atoms in total. The highest BCUT2D eigenvalue weighted by atomic mass is 16.6. The Labute approximate surface area is 175 Å². The summed E-state index contributed by atoms with van der Waals surface area (Å²) in [6.07, 6.45) is 4.06. The van der Waals surface area contributed by atoms with E-state index in [0.29, 0.717) is 47.5 Å². The van der Waals surface area contributed by atoms with E-state index in [1.54, 1.807) is 6.20 Å². The highest BCUT2D eigenvalue weighted by Crippen LogP contribution is 2.33. The Morgan fingerprint density at radius 2 is 2.27 bits per heavy atom. The minimum absolute atomic E-state index is 0.193. The normalized spacial score (nSPS) is 16.6. The van der Waals surface area contributed by atoms with Gasteiger partial charge in [-0.25, -0.2) is 14.6 Å². The second-order valence-corrected chi connectivity index (χ2v) is 7.79. The molecule has 0 bridgehead atoms. The largest absolute Gasteiger partial charge is 0.489 e. The molecule has 9 heteroatoms. The van der Waals surface area contributed by atoms with Crippen molar-refractivity contribution in [3.63, 3.8) is 0 Å². The van der Waals surface area contributed by atoms with Crippen LogP contribution >= 0.6 is 0 Å². The van der Waals surface area contributed by atoms with Crippen LogP contribution in [0.15, 0.2) is 10.8 Å². The van der Waals surface area contributed by atoms with Crippen LogP contribution in [0.25, 0.3) is 22.6 Å². The quantitative estimate of drug-likeness (QED) is 0.617. The topological polar surface area (TPSA) is 117 Å². The Morgan fingerprint density at radius 1 is 1.40 bits per heavy atom. The number of ether oxygens (including phenoxy) is 1. The van der Waals surface area contributed by atoms with Crippen molar-refractivity contribution in [1.29, 1.82) is 0 Å². The molecule has 30 heavy (non-hydrogen) atoms. The van der Waals surface area contributed by atoms with Crippen molar-refractivity contribution in [3.05, 3.63) is 11.9 Å². The number of hydrogen-bond acceptors (Lipinski definition) is 8. The van der Waals surface area contributed by atoms with Crippen molar-refractivity contribution < 1.29 is 9.37 Å². The maximum atomic E-state index is 6.24. The Hall–Kier alpha value is -3.12. The highest BCUT2D eigenvalue weighted by Gasteiger charge is 2.24. The number of piperidine rings is 1. The van der Waals surface area contributed by atoms with E-state index in [1.165, 1.54) is 6.42 Å². The number of imidazole rings is 1. The van der Waals surface area contributed by atoms with Crippen molar-refractivity contribution in [1.82, 2.24) is 30.2 Å². The zero-order chi connectivity index (χ0) is 21.1. The van der Waals surface area contributed by atoms with Gasteiger partial charge in [0.1, 0.15) is 16.7 Å². The third-order valence-electron chi connectivity index (χ3n) is 5.13. The number of pyridine rings is 1. The first kappa shape index (κ1) is 20.2. The van der Waals surface area contributed by atoms with Gasteiger partial charge in [0.05, 0.1) is 12.8 Å². The van der Waals surface area contributed by atoms with E-state index in [9.17, 15) is 0 Å². The predicted octanol–water partition coefficient (Wildman–Crippen LogP) is 2.47. The zero-order valence-corrected chi connectivity index (χ0v) is 17.6. The lowest BCUT2D eigenvalue weighted by molar-refractivity contribution is 0.219. The van der Waals surface area contributed by atoms with Gasteiger partial charge in [0.15, 0.2) is 23.1 Å². The molecule has 0 radical (unpaired) electrons. The molecule has 1 saturated heterocycles. The monoisotopic (exact) mass is 409 g/mol. The molecule has 0 amide bonds. The molecule has 0 spiro atoms. The molecule has 3 aromatic rings. The third-order valence-corrected chi connectivity index (χ3v) is 5.13. The molecule has 0 aromatic carbocycles. The van der Waals surface area contributed by atoms with Gasteiger partial charge >= 0.3 is 0 Å². The SMILES string of the molecule is CCn1c(-c2nonc2N)nc2c(C#CC(C)C)ncc(OC[C@H]3CCCNC3)c21. The van der Waals surface area contributed by atoms with E-state index in [0.717, 1.165) is 25.0 Å². The molecule has 158 valence electrons. The maximum Gasteiger partial charge on any atom is 0.199 e. The van der Waals surface area contributed by atoms with Gasteiger partial charge in [-0.2, -0.15) is 0 Å². The number of aryl methyl sites for hydroxylation is 1. The first-order chi connectivity index (χ1) is 14.6.